The minimum Gasteiger partial charge on any atom is -0.422 e. The van der Waals surface area contributed by atoms with Crippen molar-refractivity contribution in [2.75, 3.05) is 0 Å². The summed E-state index contributed by atoms with van der Waals surface area (Å²) in [6.45, 7) is 0. The maximum atomic E-state index is 12.7. The lowest BCUT2D eigenvalue weighted by atomic mass is 10.0. The molecule has 0 aliphatic carbocycles. The molecule has 0 aromatic heterocycles. The average molecular weight is 508 g/mol. The molecule has 0 heterocycles. The summed E-state index contributed by atoms with van der Waals surface area (Å²) in [6.07, 6.45) is 1.49. The molecule has 1 amide bonds. The van der Waals surface area contributed by atoms with Crippen LogP contribution < -0.4 is 10.2 Å². The Bertz CT molecular complexity index is 1350. The van der Waals surface area contributed by atoms with E-state index in [1.54, 1.807) is 48.5 Å². The SMILES string of the molecule is O=C(N/N=C\c1ccc(OC(=O)c2cccc3ccccc23)c(Br)c1)c1cccc(Cl)c1. The molecule has 0 fully saturated rings. The number of hydrazone groups is 1. The average Bonchev–Trinajstić information content (AvgIpc) is 2.80. The van der Waals surface area contributed by atoms with E-state index in [1.807, 2.05) is 36.4 Å². The van der Waals surface area contributed by atoms with Crippen LogP contribution in [0.2, 0.25) is 5.02 Å². The number of ether oxygens (including phenoxy) is 1. The molecule has 0 bridgehead atoms. The molecule has 0 spiro atoms. The monoisotopic (exact) mass is 506 g/mol. The predicted molar refractivity (Wildman–Crippen MR) is 130 cm³/mol. The van der Waals surface area contributed by atoms with Gasteiger partial charge in [0.25, 0.3) is 5.91 Å². The summed E-state index contributed by atoms with van der Waals surface area (Å²) >= 11 is 9.32. The summed E-state index contributed by atoms with van der Waals surface area (Å²) < 4.78 is 6.17. The summed E-state index contributed by atoms with van der Waals surface area (Å²) in [7, 11) is 0. The van der Waals surface area contributed by atoms with E-state index in [0.29, 0.717) is 31.9 Å². The van der Waals surface area contributed by atoms with Crippen LogP contribution in [-0.2, 0) is 0 Å². The summed E-state index contributed by atoms with van der Waals surface area (Å²) in [6, 6.07) is 24.9. The fourth-order valence-corrected chi connectivity index (χ4v) is 3.77. The Morgan fingerprint density at radius 1 is 0.938 bits per heavy atom. The molecule has 0 unspecified atom stereocenters. The van der Waals surface area contributed by atoms with E-state index in [1.165, 1.54) is 6.21 Å². The van der Waals surface area contributed by atoms with Crippen molar-refractivity contribution in [1.29, 1.82) is 0 Å². The van der Waals surface area contributed by atoms with E-state index in [4.69, 9.17) is 16.3 Å². The number of hydrogen-bond acceptors (Lipinski definition) is 4. The highest BCUT2D eigenvalue weighted by molar-refractivity contribution is 9.10. The molecule has 5 nitrogen and oxygen atoms in total. The molecule has 0 saturated heterocycles. The zero-order chi connectivity index (χ0) is 22.5. The van der Waals surface area contributed by atoms with E-state index in [-0.39, 0.29) is 5.91 Å². The number of fused-ring (bicyclic) bond motifs is 1. The van der Waals surface area contributed by atoms with Gasteiger partial charge in [0.05, 0.1) is 16.3 Å². The number of carbonyl (C=O) groups excluding carboxylic acids is 2. The maximum absolute atomic E-state index is 12.7. The number of nitrogens with zero attached hydrogens (tertiary/aromatic N) is 1. The summed E-state index contributed by atoms with van der Waals surface area (Å²) in [4.78, 5) is 24.9. The molecule has 0 aliphatic rings. The highest BCUT2D eigenvalue weighted by atomic mass is 79.9. The van der Waals surface area contributed by atoms with Crippen LogP contribution in [0.15, 0.2) is 94.5 Å². The second-order valence-electron chi connectivity index (χ2n) is 6.82. The standard InChI is InChI=1S/C25H16BrClN2O3/c26-22-13-16(15-28-29-24(30)18-7-3-8-19(27)14-18)11-12-23(22)32-25(31)21-10-4-6-17-5-1-2-9-20(17)21/h1-15H,(H,29,30)/b28-15-. The predicted octanol–water partition coefficient (Wildman–Crippen LogP) is 6.24. The van der Waals surface area contributed by atoms with Gasteiger partial charge in [0.1, 0.15) is 5.75 Å². The Balaban J connectivity index is 1.44. The Hall–Kier alpha value is -3.48. The van der Waals surface area contributed by atoms with Crippen LogP contribution in [0.4, 0.5) is 0 Å². The van der Waals surface area contributed by atoms with Crippen LogP contribution in [0.5, 0.6) is 5.75 Å². The van der Waals surface area contributed by atoms with Crippen molar-refractivity contribution in [3.05, 3.63) is 111 Å². The lowest BCUT2D eigenvalue weighted by Gasteiger charge is -2.09. The van der Waals surface area contributed by atoms with Crippen molar-refractivity contribution in [1.82, 2.24) is 5.43 Å². The second kappa shape index (κ2) is 9.77. The lowest BCUT2D eigenvalue weighted by molar-refractivity contribution is 0.0735. The molecule has 32 heavy (non-hydrogen) atoms. The Kier molecular flexibility index (Phi) is 6.63. The zero-order valence-corrected chi connectivity index (χ0v) is 18.9. The van der Waals surface area contributed by atoms with Gasteiger partial charge in [-0.3, -0.25) is 4.79 Å². The normalized spacial score (nSPS) is 10.9. The first kappa shape index (κ1) is 21.7. The van der Waals surface area contributed by atoms with E-state index in [2.05, 4.69) is 26.5 Å². The van der Waals surface area contributed by atoms with Crippen molar-refractivity contribution in [3.63, 3.8) is 0 Å². The van der Waals surface area contributed by atoms with Crippen LogP contribution in [0.3, 0.4) is 0 Å². The van der Waals surface area contributed by atoms with Crippen LogP contribution in [0, 0.1) is 0 Å². The molecule has 4 aromatic rings. The smallest absolute Gasteiger partial charge is 0.344 e. The largest absolute Gasteiger partial charge is 0.422 e. The van der Waals surface area contributed by atoms with Gasteiger partial charge < -0.3 is 4.74 Å². The Morgan fingerprint density at radius 3 is 2.53 bits per heavy atom. The molecule has 4 rings (SSSR count). The highest BCUT2D eigenvalue weighted by Crippen LogP contribution is 2.27. The first-order chi connectivity index (χ1) is 15.5. The molecule has 1 N–H and O–H groups in total. The third kappa shape index (κ3) is 5.04. The summed E-state index contributed by atoms with van der Waals surface area (Å²) in [5, 5.41) is 6.23. The van der Waals surface area contributed by atoms with Crippen LogP contribution in [0.1, 0.15) is 26.3 Å². The topological polar surface area (TPSA) is 67.8 Å². The van der Waals surface area contributed by atoms with Gasteiger partial charge in [0.2, 0.25) is 0 Å². The van der Waals surface area contributed by atoms with Crippen LogP contribution >= 0.6 is 27.5 Å². The molecule has 0 saturated carbocycles. The lowest BCUT2D eigenvalue weighted by Crippen LogP contribution is -2.17. The summed E-state index contributed by atoms with van der Waals surface area (Å²) in [5.41, 5.74) is 4.05. The number of rotatable bonds is 5. The number of nitrogens with one attached hydrogen (secondary N) is 1. The number of esters is 1. The Labute approximate surface area is 197 Å². The molecule has 4 aromatic carbocycles. The zero-order valence-electron chi connectivity index (χ0n) is 16.6. The molecule has 0 radical (unpaired) electrons. The van der Waals surface area contributed by atoms with Gasteiger partial charge in [-0.2, -0.15) is 5.10 Å². The van der Waals surface area contributed by atoms with Crippen molar-refractivity contribution in [3.8, 4) is 5.75 Å². The fraction of sp³-hybridized carbons (Fsp3) is 0. The third-order valence-electron chi connectivity index (χ3n) is 4.63. The first-order valence-corrected chi connectivity index (χ1v) is 10.8. The highest BCUT2D eigenvalue weighted by Gasteiger charge is 2.14. The molecular formula is C25H16BrClN2O3. The van der Waals surface area contributed by atoms with Crippen molar-refractivity contribution >= 4 is 56.4 Å². The van der Waals surface area contributed by atoms with Gasteiger partial charge in [0.15, 0.2) is 0 Å². The third-order valence-corrected chi connectivity index (χ3v) is 5.49. The molecule has 158 valence electrons. The van der Waals surface area contributed by atoms with E-state index in [9.17, 15) is 9.59 Å². The Morgan fingerprint density at radius 2 is 1.72 bits per heavy atom. The number of benzene rings is 4. The second-order valence-corrected chi connectivity index (χ2v) is 8.11. The number of amides is 1. The van der Waals surface area contributed by atoms with Crippen LogP contribution in [0.25, 0.3) is 10.8 Å². The van der Waals surface area contributed by atoms with Crippen molar-refractivity contribution in [2.45, 2.75) is 0 Å². The van der Waals surface area contributed by atoms with Gasteiger partial charge in [-0.1, -0.05) is 54.1 Å². The maximum Gasteiger partial charge on any atom is 0.344 e. The molecule has 7 heteroatoms. The number of halogens is 2. The van der Waals surface area contributed by atoms with Gasteiger partial charge in [-0.05, 0) is 74.7 Å². The van der Waals surface area contributed by atoms with Crippen molar-refractivity contribution < 1.29 is 14.3 Å². The number of hydrogen-bond donors (Lipinski definition) is 1. The van der Waals surface area contributed by atoms with E-state index < -0.39 is 5.97 Å². The number of carbonyl (C=O) groups is 2. The molecule has 0 aliphatic heterocycles. The van der Waals surface area contributed by atoms with Gasteiger partial charge in [-0.15, -0.1) is 0 Å². The van der Waals surface area contributed by atoms with E-state index >= 15 is 0 Å². The van der Waals surface area contributed by atoms with Gasteiger partial charge >= 0.3 is 5.97 Å². The van der Waals surface area contributed by atoms with Crippen LogP contribution in [-0.4, -0.2) is 18.1 Å². The quantitative estimate of drug-likeness (QED) is 0.150. The molecule has 0 atom stereocenters. The first-order valence-electron chi connectivity index (χ1n) is 9.60. The fourth-order valence-electron chi connectivity index (χ4n) is 3.10. The minimum atomic E-state index is -0.447. The van der Waals surface area contributed by atoms with Gasteiger partial charge in [0, 0.05) is 10.6 Å². The van der Waals surface area contributed by atoms with Gasteiger partial charge in [-0.25, -0.2) is 10.2 Å². The van der Waals surface area contributed by atoms with Crippen molar-refractivity contribution in [2.24, 2.45) is 5.10 Å². The minimum absolute atomic E-state index is 0.372. The molecular weight excluding hydrogens is 492 g/mol. The summed E-state index contributed by atoms with van der Waals surface area (Å²) in [5.74, 6) is -0.441. The van der Waals surface area contributed by atoms with E-state index in [0.717, 1.165) is 10.8 Å².